The highest BCUT2D eigenvalue weighted by atomic mass is 13.9. The Kier molecular flexibility index (Phi) is 11.5. The summed E-state index contributed by atoms with van der Waals surface area (Å²) in [6.07, 6.45) is 15.9. The highest BCUT2D eigenvalue weighted by Gasteiger charge is 1.86. The van der Waals surface area contributed by atoms with Crippen molar-refractivity contribution in [3.8, 4) is 0 Å². The van der Waals surface area contributed by atoms with Crippen LogP contribution in [0.4, 0.5) is 0 Å². The molecule has 0 atom stereocenters. The Morgan fingerprint density at radius 1 is 0.615 bits per heavy atom. The van der Waals surface area contributed by atoms with Crippen molar-refractivity contribution in [1.82, 2.24) is 0 Å². The second kappa shape index (κ2) is 11.7. The Hall–Kier alpha value is -0.260. The van der Waals surface area contributed by atoms with Gasteiger partial charge in [-0.3, -0.25) is 0 Å². The fourth-order valence-corrected chi connectivity index (χ4v) is 1.29. The Bertz CT molecular complexity index is 103. The van der Waals surface area contributed by atoms with Gasteiger partial charge < -0.3 is 0 Å². The molecular weight excluding hydrogens is 156 g/mol. The van der Waals surface area contributed by atoms with Gasteiger partial charge in [0.1, 0.15) is 0 Å². The molecule has 0 aromatic rings. The molecule has 2 radical (unpaired) electrons. The van der Waals surface area contributed by atoms with E-state index < -0.39 is 0 Å². The summed E-state index contributed by atoms with van der Waals surface area (Å²) in [7, 11) is 0. The van der Waals surface area contributed by atoms with Crippen molar-refractivity contribution in [3.63, 3.8) is 0 Å². The second-order valence-corrected chi connectivity index (χ2v) is 3.52. The molecule has 0 aromatic carbocycles. The zero-order chi connectivity index (χ0) is 9.78. The third kappa shape index (κ3) is 11.7. The van der Waals surface area contributed by atoms with Crippen molar-refractivity contribution >= 4 is 0 Å². The van der Waals surface area contributed by atoms with Crippen LogP contribution in [0.15, 0.2) is 12.2 Å². The fraction of sp³-hybridized carbons (Fsp3) is 0.692. The Balaban J connectivity index is 2.93. The van der Waals surface area contributed by atoms with Crippen molar-refractivity contribution in [2.24, 2.45) is 0 Å². The molecule has 0 rings (SSSR count). The van der Waals surface area contributed by atoms with E-state index in [9.17, 15) is 0 Å². The van der Waals surface area contributed by atoms with E-state index in [1.54, 1.807) is 0 Å². The number of allylic oxidation sites excluding steroid dienone is 2. The molecule has 0 aromatic heterocycles. The van der Waals surface area contributed by atoms with Gasteiger partial charge in [0.05, 0.1) is 0 Å². The first kappa shape index (κ1) is 12.7. The van der Waals surface area contributed by atoms with Gasteiger partial charge in [0, 0.05) is 0 Å². The lowest BCUT2D eigenvalue weighted by Crippen LogP contribution is -1.76. The lowest BCUT2D eigenvalue weighted by molar-refractivity contribution is 0.651. The van der Waals surface area contributed by atoms with Gasteiger partial charge in [-0.2, -0.15) is 0 Å². The average molecular weight is 180 g/mol. The summed E-state index contributed by atoms with van der Waals surface area (Å²) in [6, 6.07) is 0. The molecule has 0 saturated carbocycles. The molecule has 13 heavy (non-hydrogen) atoms. The maximum atomic E-state index is 3.83. The Morgan fingerprint density at radius 3 is 1.77 bits per heavy atom. The van der Waals surface area contributed by atoms with Crippen molar-refractivity contribution in [3.05, 3.63) is 26.0 Å². The van der Waals surface area contributed by atoms with Crippen LogP contribution < -0.4 is 0 Å². The smallest absolute Gasteiger partial charge is 0.0351 e. The summed E-state index contributed by atoms with van der Waals surface area (Å²) in [6.45, 7) is 7.65. The summed E-state index contributed by atoms with van der Waals surface area (Å²) < 4.78 is 0. The molecule has 0 heteroatoms. The molecule has 0 amide bonds. The minimum Gasteiger partial charge on any atom is -0.0885 e. The van der Waals surface area contributed by atoms with Crippen LogP contribution in [0, 0.1) is 13.8 Å². The van der Waals surface area contributed by atoms with Gasteiger partial charge in [-0.05, 0) is 25.7 Å². The molecule has 0 saturated heterocycles. The SMILES string of the molecule is [CH2]CCCC=CCCCCCC[CH2]. The summed E-state index contributed by atoms with van der Waals surface area (Å²) >= 11 is 0. The zero-order valence-electron chi connectivity index (χ0n) is 8.93. The number of hydrogen-bond acceptors (Lipinski definition) is 0. The first-order valence-corrected chi connectivity index (χ1v) is 5.65. The third-order valence-electron chi connectivity index (χ3n) is 2.16. The van der Waals surface area contributed by atoms with Crippen LogP contribution in [-0.2, 0) is 0 Å². The van der Waals surface area contributed by atoms with E-state index in [2.05, 4.69) is 26.0 Å². The number of hydrogen-bond donors (Lipinski definition) is 0. The minimum atomic E-state index is 1.06. The summed E-state index contributed by atoms with van der Waals surface area (Å²) in [4.78, 5) is 0. The molecule has 0 bridgehead atoms. The van der Waals surface area contributed by atoms with Gasteiger partial charge >= 0.3 is 0 Å². The summed E-state index contributed by atoms with van der Waals surface area (Å²) in [5.74, 6) is 0. The van der Waals surface area contributed by atoms with Gasteiger partial charge in [0.2, 0.25) is 0 Å². The molecule has 0 nitrogen and oxygen atoms in total. The Labute approximate surface area is 84.4 Å². The van der Waals surface area contributed by atoms with Gasteiger partial charge in [0.15, 0.2) is 0 Å². The molecule has 0 fully saturated rings. The van der Waals surface area contributed by atoms with Gasteiger partial charge in [0.25, 0.3) is 0 Å². The predicted molar refractivity (Wildman–Crippen MR) is 61.4 cm³/mol. The second-order valence-electron chi connectivity index (χ2n) is 3.52. The monoisotopic (exact) mass is 180 g/mol. The molecular formula is C13H24. The Morgan fingerprint density at radius 2 is 1.15 bits per heavy atom. The quantitative estimate of drug-likeness (QED) is 0.356. The van der Waals surface area contributed by atoms with Crippen LogP contribution in [0.2, 0.25) is 0 Å². The lowest BCUT2D eigenvalue weighted by atomic mass is 10.1. The normalized spacial score (nSPS) is 11.2. The first-order chi connectivity index (χ1) is 6.41. The predicted octanol–water partition coefficient (Wildman–Crippen LogP) is 4.72. The molecule has 0 N–H and O–H groups in total. The maximum absolute atomic E-state index is 3.83. The summed E-state index contributed by atoms with van der Waals surface area (Å²) in [5, 5.41) is 0. The van der Waals surface area contributed by atoms with Crippen LogP contribution in [0.5, 0.6) is 0 Å². The minimum absolute atomic E-state index is 1.06. The van der Waals surface area contributed by atoms with Gasteiger partial charge in [-0.15, -0.1) is 0 Å². The largest absolute Gasteiger partial charge is 0.0885 e. The van der Waals surface area contributed by atoms with E-state index >= 15 is 0 Å². The first-order valence-electron chi connectivity index (χ1n) is 5.65. The highest BCUT2D eigenvalue weighted by Crippen LogP contribution is 2.05. The van der Waals surface area contributed by atoms with Crippen LogP contribution in [0.25, 0.3) is 0 Å². The van der Waals surface area contributed by atoms with Gasteiger partial charge in [-0.25, -0.2) is 0 Å². The molecule has 0 aliphatic carbocycles. The van der Waals surface area contributed by atoms with Crippen LogP contribution in [0.1, 0.15) is 57.8 Å². The van der Waals surface area contributed by atoms with Crippen molar-refractivity contribution in [1.29, 1.82) is 0 Å². The van der Waals surface area contributed by atoms with Crippen LogP contribution in [-0.4, -0.2) is 0 Å². The van der Waals surface area contributed by atoms with Crippen molar-refractivity contribution < 1.29 is 0 Å². The van der Waals surface area contributed by atoms with Crippen molar-refractivity contribution in [2.45, 2.75) is 57.8 Å². The molecule has 0 spiro atoms. The summed E-state index contributed by atoms with van der Waals surface area (Å²) in [5.41, 5.74) is 0. The maximum Gasteiger partial charge on any atom is -0.0351 e. The number of rotatable bonds is 9. The van der Waals surface area contributed by atoms with Crippen molar-refractivity contribution in [2.75, 3.05) is 0 Å². The molecule has 0 aliphatic rings. The highest BCUT2D eigenvalue weighted by molar-refractivity contribution is 4.81. The van der Waals surface area contributed by atoms with E-state index in [4.69, 9.17) is 0 Å². The molecule has 76 valence electrons. The van der Waals surface area contributed by atoms with E-state index in [1.165, 1.54) is 44.9 Å². The van der Waals surface area contributed by atoms with E-state index in [0.717, 1.165) is 12.8 Å². The third-order valence-corrected chi connectivity index (χ3v) is 2.16. The van der Waals surface area contributed by atoms with E-state index in [1.807, 2.05) is 0 Å². The average Bonchev–Trinajstić information content (AvgIpc) is 2.16. The zero-order valence-corrected chi connectivity index (χ0v) is 8.93. The number of unbranched alkanes of at least 4 members (excludes halogenated alkanes) is 7. The van der Waals surface area contributed by atoms with Crippen LogP contribution in [0.3, 0.4) is 0 Å². The topological polar surface area (TPSA) is 0 Å². The standard InChI is InChI=1S/C13H24/c1-3-5-7-9-11-13-12-10-8-6-4-2/h9,11H,1-8,10,12-13H2. The van der Waals surface area contributed by atoms with Crippen LogP contribution >= 0.6 is 0 Å². The van der Waals surface area contributed by atoms with E-state index in [-0.39, 0.29) is 0 Å². The van der Waals surface area contributed by atoms with Gasteiger partial charge in [-0.1, -0.05) is 58.1 Å². The lowest BCUT2D eigenvalue weighted by Gasteiger charge is -1.95. The fourth-order valence-electron chi connectivity index (χ4n) is 1.29. The molecule has 0 heterocycles. The molecule has 0 unspecified atom stereocenters. The van der Waals surface area contributed by atoms with E-state index in [0.29, 0.717) is 0 Å². The molecule has 0 aliphatic heterocycles.